The van der Waals surface area contributed by atoms with E-state index in [-0.39, 0.29) is 0 Å². The maximum absolute atomic E-state index is 5.09. The van der Waals surface area contributed by atoms with Gasteiger partial charge < -0.3 is 0 Å². The number of rotatable bonds is 5. The first kappa shape index (κ1) is 8.56. The molecule has 0 aromatic heterocycles. The van der Waals surface area contributed by atoms with E-state index in [9.17, 15) is 0 Å². The van der Waals surface area contributed by atoms with Crippen molar-refractivity contribution in [2.45, 2.75) is 39.0 Å². The van der Waals surface area contributed by atoms with Crippen LogP contribution in [0.2, 0.25) is 0 Å². The Morgan fingerprint density at radius 2 is 2.11 bits per heavy atom. The maximum atomic E-state index is 5.09. The van der Waals surface area contributed by atoms with Crippen LogP contribution in [-0.2, 0) is 0 Å². The van der Waals surface area contributed by atoms with E-state index < -0.39 is 0 Å². The Kier molecular flexibility index (Phi) is 7.19. The summed E-state index contributed by atoms with van der Waals surface area (Å²) < 4.78 is 0. The summed E-state index contributed by atoms with van der Waals surface area (Å²) in [7, 11) is 0. The smallest absolute Gasteiger partial charge is 0.00860 e. The van der Waals surface area contributed by atoms with Crippen molar-refractivity contribution in [3.05, 3.63) is 6.42 Å². The Morgan fingerprint density at radius 3 is 2.67 bits per heavy atom. The molecule has 0 rings (SSSR count). The van der Waals surface area contributed by atoms with Crippen LogP contribution >= 0.6 is 0 Å². The fourth-order valence-corrected chi connectivity index (χ4v) is 0.752. The molecule has 0 atom stereocenters. The standard InChI is InChI=1S/C9H15/c1-3-5-7-9-8-6-4-2/h1,4H,5-9H2,2H3. The van der Waals surface area contributed by atoms with E-state index in [0.29, 0.717) is 0 Å². The Labute approximate surface area is 58.7 Å². The first-order chi connectivity index (χ1) is 4.41. The van der Waals surface area contributed by atoms with Crippen LogP contribution in [0.4, 0.5) is 0 Å². The van der Waals surface area contributed by atoms with E-state index >= 15 is 0 Å². The van der Waals surface area contributed by atoms with Crippen molar-refractivity contribution in [2.75, 3.05) is 0 Å². The minimum Gasteiger partial charge on any atom is -0.120 e. The van der Waals surface area contributed by atoms with Gasteiger partial charge >= 0.3 is 0 Å². The summed E-state index contributed by atoms with van der Waals surface area (Å²) in [5.74, 6) is 2.63. The first-order valence-electron chi connectivity index (χ1n) is 3.63. The van der Waals surface area contributed by atoms with Crippen LogP contribution in [-0.4, -0.2) is 0 Å². The lowest BCUT2D eigenvalue weighted by Crippen LogP contribution is -1.75. The maximum Gasteiger partial charge on any atom is 0.00860 e. The SMILES string of the molecule is C#CCCCCC[CH]C. The van der Waals surface area contributed by atoms with E-state index in [1.165, 1.54) is 25.7 Å². The second-order valence-corrected chi connectivity index (χ2v) is 2.21. The van der Waals surface area contributed by atoms with Crippen molar-refractivity contribution in [3.8, 4) is 12.3 Å². The molecular weight excluding hydrogens is 108 g/mol. The summed E-state index contributed by atoms with van der Waals surface area (Å²) in [5.41, 5.74) is 0. The molecule has 0 heterocycles. The molecule has 0 nitrogen and oxygen atoms in total. The normalized spacial score (nSPS) is 8.89. The van der Waals surface area contributed by atoms with Gasteiger partial charge in [0.05, 0.1) is 0 Å². The van der Waals surface area contributed by atoms with Crippen molar-refractivity contribution >= 4 is 0 Å². The molecule has 0 saturated carbocycles. The molecule has 0 fully saturated rings. The van der Waals surface area contributed by atoms with Crippen molar-refractivity contribution in [3.63, 3.8) is 0 Å². The summed E-state index contributed by atoms with van der Waals surface area (Å²) in [4.78, 5) is 0. The van der Waals surface area contributed by atoms with Crippen LogP contribution in [0.5, 0.6) is 0 Å². The molecule has 0 saturated heterocycles. The monoisotopic (exact) mass is 123 g/mol. The van der Waals surface area contributed by atoms with Crippen LogP contribution in [0.25, 0.3) is 0 Å². The van der Waals surface area contributed by atoms with Crippen LogP contribution in [0.15, 0.2) is 0 Å². The van der Waals surface area contributed by atoms with Gasteiger partial charge in [0.1, 0.15) is 0 Å². The molecule has 0 N–H and O–H groups in total. The van der Waals surface area contributed by atoms with Crippen molar-refractivity contribution in [1.29, 1.82) is 0 Å². The summed E-state index contributed by atoms with van der Waals surface area (Å²) >= 11 is 0. The van der Waals surface area contributed by atoms with Crippen LogP contribution < -0.4 is 0 Å². The molecule has 0 spiro atoms. The van der Waals surface area contributed by atoms with Crippen molar-refractivity contribution in [1.82, 2.24) is 0 Å². The molecule has 0 aliphatic rings. The summed E-state index contributed by atoms with van der Waals surface area (Å²) in [5, 5.41) is 0. The molecule has 9 heavy (non-hydrogen) atoms. The van der Waals surface area contributed by atoms with Crippen LogP contribution in [0, 0.1) is 18.8 Å². The van der Waals surface area contributed by atoms with Gasteiger partial charge in [0, 0.05) is 6.42 Å². The zero-order valence-corrected chi connectivity index (χ0v) is 6.19. The lowest BCUT2D eigenvalue weighted by Gasteiger charge is -1.93. The highest BCUT2D eigenvalue weighted by Gasteiger charge is 1.84. The summed E-state index contributed by atoms with van der Waals surface area (Å²) in [6, 6.07) is 0. The number of unbranched alkanes of at least 4 members (excludes halogenated alkanes) is 5. The molecular formula is C9H15. The first-order valence-corrected chi connectivity index (χ1v) is 3.63. The molecule has 0 unspecified atom stereocenters. The number of hydrogen-bond acceptors (Lipinski definition) is 0. The predicted octanol–water partition coefficient (Wildman–Crippen LogP) is 2.79. The Bertz CT molecular complexity index is 76.5. The van der Waals surface area contributed by atoms with E-state index in [0.717, 1.165) is 6.42 Å². The molecule has 51 valence electrons. The van der Waals surface area contributed by atoms with Gasteiger partial charge in [-0.05, 0) is 12.8 Å². The molecule has 0 aromatic carbocycles. The molecule has 0 aromatic rings. The summed E-state index contributed by atoms with van der Waals surface area (Å²) in [6.45, 7) is 2.10. The summed E-state index contributed by atoms with van der Waals surface area (Å²) in [6.07, 6.45) is 13.3. The quantitative estimate of drug-likeness (QED) is 0.389. The fraction of sp³-hybridized carbons (Fsp3) is 0.667. The van der Waals surface area contributed by atoms with E-state index in [2.05, 4.69) is 19.3 Å². The van der Waals surface area contributed by atoms with Crippen molar-refractivity contribution in [2.24, 2.45) is 0 Å². The van der Waals surface area contributed by atoms with Gasteiger partial charge in [-0.3, -0.25) is 0 Å². The zero-order valence-electron chi connectivity index (χ0n) is 6.19. The topological polar surface area (TPSA) is 0 Å². The second-order valence-electron chi connectivity index (χ2n) is 2.21. The highest BCUT2D eigenvalue weighted by molar-refractivity contribution is 4.82. The second kappa shape index (κ2) is 7.56. The van der Waals surface area contributed by atoms with Crippen molar-refractivity contribution < 1.29 is 0 Å². The third-order valence-electron chi connectivity index (χ3n) is 1.31. The van der Waals surface area contributed by atoms with Crippen LogP contribution in [0.3, 0.4) is 0 Å². The van der Waals surface area contributed by atoms with Gasteiger partial charge in [-0.1, -0.05) is 26.2 Å². The molecule has 0 aliphatic heterocycles. The van der Waals surface area contributed by atoms with Gasteiger partial charge in [-0.25, -0.2) is 0 Å². The predicted molar refractivity (Wildman–Crippen MR) is 41.9 cm³/mol. The lowest BCUT2D eigenvalue weighted by molar-refractivity contribution is 0.687. The molecule has 0 heteroatoms. The molecule has 1 radical (unpaired) electrons. The minimum atomic E-state index is 0.948. The van der Waals surface area contributed by atoms with E-state index in [4.69, 9.17) is 6.42 Å². The van der Waals surface area contributed by atoms with Gasteiger partial charge in [0.2, 0.25) is 0 Å². The fourth-order valence-electron chi connectivity index (χ4n) is 0.752. The third kappa shape index (κ3) is 7.56. The van der Waals surface area contributed by atoms with Gasteiger partial charge in [0.25, 0.3) is 0 Å². The number of terminal acetylenes is 1. The largest absolute Gasteiger partial charge is 0.120 e. The highest BCUT2D eigenvalue weighted by atomic mass is 13.9. The Balaban J connectivity index is 2.69. The molecule has 0 aliphatic carbocycles. The zero-order chi connectivity index (χ0) is 6.95. The highest BCUT2D eigenvalue weighted by Crippen LogP contribution is 2.02. The minimum absolute atomic E-state index is 0.948. The van der Waals surface area contributed by atoms with E-state index in [1.54, 1.807) is 0 Å². The van der Waals surface area contributed by atoms with Crippen LogP contribution in [0.1, 0.15) is 39.0 Å². The molecule has 0 amide bonds. The third-order valence-corrected chi connectivity index (χ3v) is 1.31. The molecule has 0 bridgehead atoms. The number of hydrogen-bond donors (Lipinski definition) is 0. The Hall–Kier alpha value is -0.440. The lowest BCUT2D eigenvalue weighted by atomic mass is 10.1. The van der Waals surface area contributed by atoms with Gasteiger partial charge in [-0.2, -0.15) is 0 Å². The van der Waals surface area contributed by atoms with Gasteiger partial charge in [0.15, 0.2) is 0 Å². The average molecular weight is 123 g/mol. The average Bonchev–Trinajstić information content (AvgIpc) is 1.89. The Morgan fingerprint density at radius 1 is 1.33 bits per heavy atom. The van der Waals surface area contributed by atoms with E-state index in [1.807, 2.05) is 0 Å². The van der Waals surface area contributed by atoms with Gasteiger partial charge in [-0.15, -0.1) is 12.3 Å².